The van der Waals surface area contributed by atoms with Crippen LogP contribution in [0.3, 0.4) is 0 Å². The monoisotopic (exact) mass is 284 g/mol. The molecule has 2 aromatic rings. The van der Waals surface area contributed by atoms with Gasteiger partial charge in [0.15, 0.2) is 0 Å². The third-order valence-electron chi connectivity index (χ3n) is 3.16. The summed E-state index contributed by atoms with van der Waals surface area (Å²) in [6.45, 7) is 3.04. The standard InChI is InChI=1S/C17H20N2O2/c1-13-7-9-15(10-8-13)21-12-11-19-16(17(18)20)14-5-3-2-4-6-14/h2-10,16,19H,11-12H2,1H3,(H2,18,20)/t16-/m0/s1. The van der Waals surface area contributed by atoms with Crippen molar-refractivity contribution in [3.63, 3.8) is 0 Å². The van der Waals surface area contributed by atoms with Gasteiger partial charge in [-0.05, 0) is 24.6 Å². The average molecular weight is 284 g/mol. The first kappa shape index (κ1) is 15.1. The first-order valence-electron chi connectivity index (χ1n) is 6.94. The minimum Gasteiger partial charge on any atom is -0.492 e. The molecule has 2 aromatic carbocycles. The minimum absolute atomic E-state index is 0.392. The fourth-order valence-electron chi connectivity index (χ4n) is 2.03. The summed E-state index contributed by atoms with van der Waals surface area (Å²) in [5, 5.41) is 3.12. The normalized spacial score (nSPS) is 11.9. The maximum absolute atomic E-state index is 11.5. The van der Waals surface area contributed by atoms with Crippen molar-refractivity contribution in [2.75, 3.05) is 13.2 Å². The summed E-state index contributed by atoms with van der Waals surface area (Å²) < 4.78 is 5.61. The Balaban J connectivity index is 1.83. The number of hydrogen-bond donors (Lipinski definition) is 2. The Labute approximate surface area is 124 Å². The molecule has 0 unspecified atom stereocenters. The van der Waals surface area contributed by atoms with E-state index in [0.29, 0.717) is 13.2 Å². The Morgan fingerprint density at radius 1 is 1.14 bits per heavy atom. The van der Waals surface area contributed by atoms with Gasteiger partial charge in [-0.2, -0.15) is 0 Å². The number of nitrogens with one attached hydrogen (secondary N) is 1. The van der Waals surface area contributed by atoms with Gasteiger partial charge < -0.3 is 10.5 Å². The molecule has 0 aliphatic carbocycles. The number of primary amides is 1. The molecule has 4 nitrogen and oxygen atoms in total. The number of carbonyl (C=O) groups is 1. The van der Waals surface area contributed by atoms with Crippen molar-refractivity contribution >= 4 is 5.91 Å². The molecule has 3 N–H and O–H groups in total. The van der Waals surface area contributed by atoms with Gasteiger partial charge in [0.2, 0.25) is 5.91 Å². The number of amides is 1. The van der Waals surface area contributed by atoms with E-state index in [9.17, 15) is 4.79 Å². The van der Waals surface area contributed by atoms with Crippen LogP contribution in [-0.2, 0) is 4.79 Å². The van der Waals surface area contributed by atoms with E-state index in [1.54, 1.807) is 0 Å². The summed E-state index contributed by atoms with van der Waals surface area (Å²) in [5.41, 5.74) is 7.49. The highest BCUT2D eigenvalue weighted by molar-refractivity contribution is 5.81. The Morgan fingerprint density at radius 2 is 1.81 bits per heavy atom. The van der Waals surface area contributed by atoms with Crippen LogP contribution in [0, 0.1) is 6.92 Å². The van der Waals surface area contributed by atoms with Gasteiger partial charge in [0, 0.05) is 6.54 Å². The van der Waals surface area contributed by atoms with Crippen molar-refractivity contribution in [2.24, 2.45) is 5.73 Å². The van der Waals surface area contributed by atoms with Crippen LogP contribution in [0.4, 0.5) is 0 Å². The Hall–Kier alpha value is -2.33. The van der Waals surface area contributed by atoms with Crippen LogP contribution in [0.1, 0.15) is 17.2 Å². The van der Waals surface area contributed by atoms with Gasteiger partial charge in [0.25, 0.3) is 0 Å². The predicted molar refractivity (Wildman–Crippen MR) is 83.1 cm³/mol. The van der Waals surface area contributed by atoms with E-state index in [1.807, 2.05) is 61.5 Å². The maximum Gasteiger partial charge on any atom is 0.239 e. The molecular formula is C17H20N2O2. The summed E-state index contributed by atoms with van der Waals surface area (Å²) in [6, 6.07) is 16.8. The van der Waals surface area contributed by atoms with Crippen molar-refractivity contribution < 1.29 is 9.53 Å². The lowest BCUT2D eigenvalue weighted by Crippen LogP contribution is -2.35. The molecule has 21 heavy (non-hydrogen) atoms. The quantitative estimate of drug-likeness (QED) is 0.766. The van der Waals surface area contributed by atoms with Crippen LogP contribution < -0.4 is 15.8 Å². The lowest BCUT2D eigenvalue weighted by Gasteiger charge is -2.16. The first-order valence-corrected chi connectivity index (χ1v) is 6.94. The Bertz CT molecular complexity index is 567. The van der Waals surface area contributed by atoms with E-state index in [1.165, 1.54) is 5.56 Å². The molecule has 1 atom stereocenters. The predicted octanol–water partition coefficient (Wildman–Crippen LogP) is 2.19. The second kappa shape index (κ2) is 7.45. The zero-order valence-corrected chi connectivity index (χ0v) is 12.1. The Kier molecular flexibility index (Phi) is 5.35. The SMILES string of the molecule is Cc1ccc(OCCN[C@H](C(N)=O)c2ccccc2)cc1. The summed E-state index contributed by atoms with van der Waals surface area (Å²) in [7, 11) is 0. The van der Waals surface area contributed by atoms with Crippen LogP contribution in [0.25, 0.3) is 0 Å². The number of rotatable bonds is 7. The molecule has 0 fully saturated rings. The largest absolute Gasteiger partial charge is 0.492 e. The van der Waals surface area contributed by atoms with E-state index < -0.39 is 11.9 Å². The van der Waals surface area contributed by atoms with Crippen molar-refractivity contribution in [3.8, 4) is 5.75 Å². The second-order valence-corrected chi connectivity index (χ2v) is 4.86. The van der Waals surface area contributed by atoms with Crippen LogP contribution in [0.2, 0.25) is 0 Å². The van der Waals surface area contributed by atoms with Crippen LogP contribution in [-0.4, -0.2) is 19.1 Å². The Morgan fingerprint density at radius 3 is 2.43 bits per heavy atom. The number of ether oxygens (including phenoxy) is 1. The van der Waals surface area contributed by atoms with E-state index >= 15 is 0 Å². The fourth-order valence-corrected chi connectivity index (χ4v) is 2.03. The van der Waals surface area contributed by atoms with Crippen molar-refractivity contribution in [3.05, 3.63) is 65.7 Å². The van der Waals surface area contributed by atoms with E-state index in [4.69, 9.17) is 10.5 Å². The first-order chi connectivity index (χ1) is 10.2. The highest BCUT2D eigenvalue weighted by atomic mass is 16.5. The van der Waals surface area contributed by atoms with Gasteiger partial charge in [0.1, 0.15) is 18.4 Å². The molecular weight excluding hydrogens is 264 g/mol. The number of benzene rings is 2. The third-order valence-corrected chi connectivity index (χ3v) is 3.16. The zero-order chi connectivity index (χ0) is 15.1. The van der Waals surface area contributed by atoms with Gasteiger partial charge >= 0.3 is 0 Å². The average Bonchev–Trinajstić information content (AvgIpc) is 2.49. The fraction of sp³-hybridized carbons (Fsp3) is 0.235. The van der Waals surface area contributed by atoms with Gasteiger partial charge in [0.05, 0.1) is 0 Å². The molecule has 4 heteroatoms. The second-order valence-electron chi connectivity index (χ2n) is 4.86. The lowest BCUT2D eigenvalue weighted by atomic mass is 10.1. The topological polar surface area (TPSA) is 64.3 Å². The minimum atomic E-state index is -0.493. The highest BCUT2D eigenvalue weighted by Gasteiger charge is 2.16. The van der Waals surface area contributed by atoms with Gasteiger partial charge in [-0.25, -0.2) is 0 Å². The zero-order valence-electron chi connectivity index (χ0n) is 12.1. The molecule has 0 heterocycles. The summed E-state index contributed by atoms with van der Waals surface area (Å²) in [6.07, 6.45) is 0. The van der Waals surface area contributed by atoms with Crippen molar-refractivity contribution in [2.45, 2.75) is 13.0 Å². The number of hydrogen-bond acceptors (Lipinski definition) is 3. The summed E-state index contributed by atoms with van der Waals surface area (Å²) >= 11 is 0. The molecule has 0 spiro atoms. The lowest BCUT2D eigenvalue weighted by molar-refractivity contribution is -0.120. The number of nitrogens with two attached hydrogens (primary N) is 1. The molecule has 1 amide bonds. The smallest absolute Gasteiger partial charge is 0.239 e. The number of aryl methyl sites for hydroxylation is 1. The van der Waals surface area contributed by atoms with E-state index in [-0.39, 0.29) is 0 Å². The van der Waals surface area contributed by atoms with E-state index in [0.717, 1.165) is 11.3 Å². The van der Waals surface area contributed by atoms with Gasteiger partial charge in [-0.1, -0.05) is 48.0 Å². The summed E-state index contributed by atoms with van der Waals surface area (Å²) in [5.74, 6) is 0.425. The summed E-state index contributed by atoms with van der Waals surface area (Å²) in [4.78, 5) is 11.5. The molecule has 0 saturated carbocycles. The molecule has 0 aliphatic heterocycles. The van der Waals surface area contributed by atoms with Crippen molar-refractivity contribution in [1.29, 1.82) is 0 Å². The van der Waals surface area contributed by atoms with E-state index in [2.05, 4.69) is 5.32 Å². The molecule has 0 aliphatic rings. The van der Waals surface area contributed by atoms with Crippen molar-refractivity contribution in [1.82, 2.24) is 5.32 Å². The van der Waals surface area contributed by atoms with Crippen LogP contribution in [0.15, 0.2) is 54.6 Å². The van der Waals surface area contributed by atoms with Crippen LogP contribution in [0.5, 0.6) is 5.75 Å². The highest BCUT2D eigenvalue weighted by Crippen LogP contribution is 2.13. The van der Waals surface area contributed by atoms with Crippen LogP contribution >= 0.6 is 0 Å². The number of carbonyl (C=O) groups excluding carboxylic acids is 1. The molecule has 0 aromatic heterocycles. The molecule has 110 valence electrons. The molecule has 0 saturated heterocycles. The van der Waals surface area contributed by atoms with Gasteiger partial charge in [-0.15, -0.1) is 0 Å². The van der Waals surface area contributed by atoms with Gasteiger partial charge in [-0.3, -0.25) is 10.1 Å². The molecule has 0 radical (unpaired) electrons. The maximum atomic E-state index is 11.5. The third kappa shape index (κ3) is 4.61. The molecule has 2 rings (SSSR count). The molecule has 0 bridgehead atoms.